The van der Waals surface area contributed by atoms with Gasteiger partial charge in [-0.1, -0.05) is 43.3 Å². The van der Waals surface area contributed by atoms with Gasteiger partial charge in [-0.05, 0) is 117 Å². The number of amides is 2. The van der Waals surface area contributed by atoms with Crippen LogP contribution in [-0.4, -0.2) is 67.1 Å². The van der Waals surface area contributed by atoms with E-state index in [4.69, 9.17) is 0 Å². The zero-order chi connectivity index (χ0) is 39.8. The molecular weight excluding hydrogens is 813 g/mol. The minimum absolute atomic E-state index is 0. The molecule has 58 heavy (non-hydrogen) atoms. The number of aryl methyl sites for hydroxylation is 2. The molecule has 0 bridgehead atoms. The molecule has 0 atom stereocenters. The number of nitrogens with one attached hydrogen (secondary N) is 2. The van der Waals surface area contributed by atoms with E-state index in [1.165, 1.54) is 34.9 Å². The Labute approximate surface area is 424 Å². The number of carboxylic acid groups (broad SMARTS) is 2. The zero-order valence-corrected chi connectivity index (χ0v) is 40.3. The number of aliphatic carboxylic acids is 1. The molecule has 6 rings (SSSR count). The van der Waals surface area contributed by atoms with Crippen LogP contribution in [-0.2, 0) is 27.7 Å². The Hall–Kier alpha value is -2.33. The number of carbonyl (C=O) groups excluding carboxylic acids is 4. The SMILES string of the molecule is CCN([C@H]1CC[C@H](C(=O)[O-])CC1)S(=O)(=O)c1cncc(C(=O)Nc2ccc(N3CCCCC3)cc2C(=O)Nc2ccc(CCc3ccc(C(=O)[O-])cc3)cc2)c1.[K+].[K+]. The monoisotopic (exact) mass is 857 g/mol. The third-order valence-corrected chi connectivity index (χ3v) is 12.6. The van der Waals surface area contributed by atoms with Gasteiger partial charge in [0.15, 0.2) is 0 Å². The maximum atomic E-state index is 13.9. The average Bonchev–Trinajstić information content (AvgIpc) is 3.21. The van der Waals surface area contributed by atoms with Gasteiger partial charge in [0.25, 0.3) is 11.8 Å². The second kappa shape index (κ2) is 22.5. The van der Waals surface area contributed by atoms with E-state index in [2.05, 4.69) is 20.5 Å². The van der Waals surface area contributed by atoms with E-state index in [9.17, 15) is 37.8 Å². The van der Waals surface area contributed by atoms with Crippen LogP contribution in [0.15, 0.2) is 90.1 Å². The molecule has 2 N–H and O–H groups in total. The molecule has 2 amide bonds. The number of aromatic carboxylic acids is 1. The number of sulfonamides is 1. The molecule has 1 saturated carbocycles. The summed E-state index contributed by atoms with van der Waals surface area (Å²) in [6.45, 7) is 3.56. The molecule has 4 aromatic rings. The number of hydrogen-bond donors (Lipinski definition) is 2. The van der Waals surface area contributed by atoms with Gasteiger partial charge >= 0.3 is 103 Å². The summed E-state index contributed by atoms with van der Waals surface area (Å²) in [6.07, 6.45) is 8.45. The fourth-order valence-electron chi connectivity index (χ4n) is 7.47. The van der Waals surface area contributed by atoms with Crippen LogP contribution in [0, 0.1) is 5.92 Å². The van der Waals surface area contributed by atoms with Crippen molar-refractivity contribution in [1.29, 1.82) is 0 Å². The van der Waals surface area contributed by atoms with Crippen molar-refractivity contribution in [3.05, 3.63) is 113 Å². The van der Waals surface area contributed by atoms with Gasteiger partial charge in [-0.15, -0.1) is 0 Å². The van der Waals surface area contributed by atoms with Crippen molar-refractivity contribution in [2.45, 2.75) is 75.6 Å². The number of benzene rings is 3. The average molecular weight is 858 g/mol. The molecule has 0 radical (unpaired) electrons. The van der Waals surface area contributed by atoms with Crippen molar-refractivity contribution in [2.24, 2.45) is 5.92 Å². The number of anilines is 3. The first-order valence-electron chi connectivity index (χ1n) is 19.0. The molecule has 3 aromatic carbocycles. The number of piperidine rings is 1. The molecule has 1 aliphatic carbocycles. The van der Waals surface area contributed by atoms with Crippen molar-refractivity contribution in [2.75, 3.05) is 35.2 Å². The zero-order valence-electron chi connectivity index (χ0n) is 33.2. The smallest absolute Gasteiger partial charge is 0.550 e. The second-order valence-electron chi connectivity index (χ2n) is 14.3. The Kier molecular flexibility index (Phi) is 18.7. The largest absolute Gasteiger partial charge is 1.00 e. The summed E-state index contributed by atoms with van der Waals surface area (Å²) in [6, 6.07) is 20.1. The summed E-state index contributed by atoms with van der Waals surface area (Å²) < 4.78 is 29.0. The van der Waals surface area contributed by atoms with Crippen molar-refractivity contribution in [3.8, 4) is 0 Å². The Morgan fingerprint density at radius 1 is 0.759 bits per heavy atom. The summed E-state index contributed by atoms with van der Waals surface area (Å²) in [5, 5.41) is 28.1. The summed E-state index contributed by atoms with van der Waals surface area (Å²) in [5.41, 5.74) is 3.98. The molecule has 1 aliphatic heterocycles. The molecule has 2 heterocycles. The first kappa shape index (κ1) is 48.3. The molecular formula is C42H45K2N5O8S. The maximum Gasteiger partial charge on any atom is 1.00 e. The summed E-state index contributed by atoms with van der Waals surface area (Å²) in [4.78, 5) is 56.1. The van der Waals surface area contributed by atoms with Crippen molar-refractivity contribution >= 4 is 50.8 Å². The van der Waals surface area contributed by atoms with E-state index in [0.717, 1.165) is 49.2 Å². The number of rotatable bonds is 14. The van der Waals surface area contributed by atoms with E-state index in [1.54, 1.807) is 43.3 Å². The van der Waals surface area contributed by atoms with E-state index in [1.807, 2.05) is 18.2 Å². The Morgan fingerprint density at radius 3 is 1.97 bits per heavy atom. The molecule has 0 unspecified atom stereocenters. The fraction of sp³-hybridized carbons (Fsp3) is 0.357. The molecule has 294 valence electrons. The number of hydrogen-bond acceptors (Lipinski definition) is 10. The number of carboxylic acids is 2. The third kappa shape index (κ3) is 12.4. The summed E-state index contributed by atoms with van der Waals surface area (Å²) in [5.74, 6) is -4.03. The molecule has 2 aliphatic rings. The van der Waals surface area contributed by atoms with Gasteiger partial charge in [0.1, 0.15) is 4.90 Å². The number of pyridine rings is 1. The first-order valence-corrected chi connectivity index (χ1v) is 20.5. The first-order chi connectivity index (χ1) is 26.9. The number of nitrogens with zero attached hydrogens (tertiary/aromatic N) is 3. The van der Waals surface area contributed by atoms with Crippen LogP contribution in [0.4, 0.5) is 17.1 Å². The van der Waals surface area contributed by atoms with Crippen LogP contribution < -0.4 is 129 Å². The van der Waals surface area contributed by atoms with Gasteiger partial charge in [0, 0.05) is 55.4 Å². The third-order valence-electron chi connectivity index (χ3n) is 10.7. The second-order valence-corrected chi connectivity index (χ2v) is 16.2. The molecule has 0 spiro atoms. The molecule has 16 heteroatoms. The molecule has 1 saturated heterocycles. The van der Waals surface area contributed by atoms with Crippen molar-refractivity contribution < 1.29 is 141 Å². The minimum Gasteiger partial charge on any atom is -0.550 e. The molecule has 2 fully saturated rings. The molecule has 13 nitrogen and oxygen atoms in total. The van der Waals surface area contributed by atoms with Gasteiger partial charge in [0.05, 0.1) is 22.8 Å². The summed E-state index contributed by atoms with van der Waals surface area (Å²) >= 11 is 0. The van der Waals surface area contributed by atoms with Gasteiger partial charge in [-0.3, -0.25) is 14.6 Å². The Morgan fingerprint density at radius 2 is 1.38 bits per heavy atom. The number of aromatic nitrogens is 1. The van der Waals surface area contributed by atoms with Crippen molar-refractivity contribution in [3.63, 3.8) is 0 Å². The van der Waals surface area contributed by atoms with E-state index in [0.29, 0.717) is 44.2 Å². The van der Waals surface area contributed by atoms with Crippen LogP contribution in [0.5, 0.6) is 0 Å². The van der Waals surface area contributed by atoms with Crippen LogP contribution in [0.1, 0.15) is 94.1 Å². The predicted octanol–water partition coefficient (Wildman–Crippen LogP) is -1.95. The van der Waals surface area contributed by atoms with Crippen LogP contribution >= 0.6 is 0 Å². The number of carbonyl (C=O) groups is 4. The van der Waals surface area contributed by atoms with Gasteiger partial charge < -0.3 is 35.3 Å². The summed E-state index contributed by atoms with van der Waals surface area (Å²) in [7, 11) is -4.08. The topological polar surface area (TPSA) is 192 Å². The van der Waals surface area contributed by atoms with E-state index < -0.39 is 45.7 Å². The van der Waals surface area contributed by atoms with Gasteiger partial charge in [0.2, 0.25) is 10.0 Å². The fourth-order valence-corrected chi connectivity index (χ4v) is 9.15. The normalized spacial score (nSPS) is 16.7. The standard InChI is InChI=1S/C42H47N5O8S.2K/c1-2-47(34-18-14-31(15-19-34)42(52)53)56(54,55)36-24-32(26-43-27-36)39(48)45-38-21-20-35(46-22-4-3-5-23-46)25-37(38)40(49)44-33-16-10-29(11-17-33)7-6-28-8-12-30(13-9-28)41(50)51;;/h8-13,16-17,20-21,24-27,31,34H,2-7,14-15,18-19,22-23H2,1H3,(H,44,49)(H,45,48)(H,50,51)(H,52,53);;/q;2*+1/p-2/t31-,34-;;. The van der Waals surface area contributed by atoms with Crippen LogP contribution in [0.3, 0.4) is 0 Å². The Bertz CT molecular complexity index is 2170. The Balaban J connectivity index is 0.00000372. The van der Waals surface area contributed by atoms with Crippen molar-refractivity contribution in [1.82, 2.24) is 9.29 Å². The van der Waals surface area contributed by atoms with E-state index in [-0.39, 0.29) is 137 Å². The molecule has 1 aromatic heterocycles. The van der Waals surface area contributed by atoms with Gasteiger partial charge in [-0.2, -0.15) is 4.31 Å². The minimum atomic E-state index is -4.08. The quantitative estimate of drug-likeness (QED) is 0.135. The van der Waals surface area contributed by atoms with Gasteiger partial charge in [-0.25, -0.2) is 8.42 Å². The van der Waals surface area contributed by atoms with Crippen LogP contribution in [0.25, 0.3) is 0 Å². The predicted molar refractivity (Wildman–Crippen MR) is 208 cm³/mol. The maximum absolute atomic E-state index is 13.9. The van der Waals surface area contributed by atoms with E-state index >= 15 is 0 Å². The van der Waals surface area contributed by atoms with Crippen LogP contribution in [0.2, 0.25) is 0 Å².